The first kappa shape index (κ1) is 15.1. The molecule has 0 aliphatic heterocycles. The van der Waals surface area contributed by atoms with Gasteiger partial charge in [0.2, 0.25) is 6.10 Å². The van der Waals surface area contributed by atoms with Crippen LogP contribution >= 0.6 is 0 Å². The van der Waals surface area contributed by atoms with Crippen LogP contribution in [-0.4, -0.2) is 29.8 Å². The zero-order chi connectivity index (χ0) is 14.1. The van der Waals surface area contributed by atoms with Gasteiger partial charge in [-0.3, -0.25) is 4.79 Å². The maximum Gasteiger partial charge on any atom is 0.345 e. The maximum atomic E-state index is 10.7. The minimum absolute atomic E-state index is 0.0249. The Morgan fingerprint density at radius 1 is 1.21 bits per heavy atom. The first-order valence-electron chi connectivity index (χ1n) is 5.78. The molecule has 104 valence electrons. The van der Waals surface area contributed by atoms with E-state index in [-0.39, 0.29) is 19.6 Å². The molecule has 0 saturated heterocycles. The Kier molecular flexibility index (Phi) is 6.56. The number of rotatable bonds is 8. The quantitative estimate of drug-likeness (QED) is 0.333. The van der Waals surface area contributed by atoms with Gasteiger partial charge in [-0.2, -0.15) is 0 Å². The van der Waals surface area contributed by atoms with Gasteiger partial charge >= 0.3 is 11.9 Å². The Bertz CT molecular complexity index is 403. The van der Waals surface area contributed by atoms with Crippen molar-refractivity contribution in [3.8, 4) is 0 Å². The third-order valence-electron chi connectivity index (χ3n) is 2.20. The predicted octanol–water partition coefficient (Wildman–Crippen LogP) is 1.54. The van der Waals surface area contributed by atoms with Crippen molar-refractivity contribution in [3.05, 3.63) is 35.9 Å². The number of hydrogen-bond acceptors (Lipinski definition) is 5. The van der Waals surface area contributed by atoms with Crippen molar-refractivity contribution in [1.82, 2.24) is 0 Å². The zero-order valence-corrected chi connectivity index (χ0v) is 10.6. The van der Waals surface area contributed by atoms with Crippen LogP contribution < -0.4 is 0 Å². The van der Waals surface area contributed by atoms with Crippen LogP contribution in [0.5, 0.6) is 0 Å². The molecule has 0 spiro atoms. The molecule has 0 fully saturated rings. The number of carbonyl (C=O) groups is 2. The van der Waals surface area contributed by atoms with Crippen LogP contribution in [0, 0.1) is 0 Å². The van der Waals surface area contributed by atoms with E-state index >= 15 is 0 Å². The van der Waals surface area contributed by atoms with Gasteiger partial charge in [-0.05, 0) is 5.56 Å². The molecule has 0 heterocycles. The van der Waals surface area contributed by atoms with Gasteiger partial charge < -0.3 is 9.84 Å². The number of benzene rings is 1. The molecule has 1 aromatic rings. The Morgan fingerprint density at radius 3 is 2.47 bits per heavy atom. The average Bonchev–Trinajstić information content (AvgIpc) is 2.37. The summed E-state index contributed by atoms with van der Waals surface area (Å²) in [6, 6.07) is 9.39. The summed E-state index contributed by atoms with van der Waals surface area (Å²) in [5.41, 5.74) is 0.942. The van der Waals surface area contributed by atoms with Crippen molar-refractivity contribution < 1.29 is 29.2 Å². The summed E-state index contributed by atoms with van der Waals surface area (Å²) in [5.74, 6) is -1.85. The highest BCUT2D eigenvalue weighted by Crippen LogP contribution is 2.03. The number of aliphatic carboxylic acids is 1. The van der Waals surface area contributed by atoms with Gasteiger partial charge in [0.1, 0.15) is 6.61 Å². The summed E-state index contributed by atoms with van der Waals surface area (Å²) in [6.07, 6.45) is -1.18. The fourth-order valence-electron chi connectivity index (χ4n) is 1.33. The average molecular weight is 268 g/mol. The summed E-state index contributed by atoms with van der Waals surface area (Å²) >= 11 is 0. The van der Waals surface area contributed by atoms with E-state index in [1.165, 1.54) is 0 Å². The summed E-state index contributed by atoms with van der Waals surface area (Å²) in [6.45, 7) is 1.45. The van der Waals surface area contributed by atoms with Crippen LogP contribution in [0.1, 0.15) is 18.9 Å². The number of carboxylic acid groups (broad SMARTS) is 1. The molecule has 0 saturated carbocycles. The third-order valence-corrected chi connectivity index (χ3v) is 2.20. The number of carboxylic acids is 1. The molecular weight excluding hydrogens is 252 g/mol. The minimum atomic E-state index is -1.21. The minimum Gasteiger partial charge on any atom is -0.479 e. The Labute approximate surface area is 110 Å². The topological polar surface area (TPSA) is 82.1 Å². The van der Waals surface area contributed by atoms with Crippen LogP contribution in [0.25, 0.3) is 0 Å². The molecule has 0 unspecified atom stereocenters. The van der Waals surface area contributed by atoms with Crippen molar-refractivity contribution in [2.75, 3.05) is 6.61 Å². The fraction of sp³-hybridized carbons (Fsp3) is 0.385. The van der Waals surface area contributed by atoms with E-state index in [9.17, 15) is 9.59 Å². The summed E-state index contributed by atoms with van der Waals surface area (Å²) in [4.78, 5) is 31.2. The lowest BCUT2D eigenvalue weighted by Crippen LogP contribution is -2.27. The zero-order valence-electron chi connectivity index (χ0n) is 10.6. The molecule has 0 aromatic heterocycles. The van der Waals surface area contributed by atoms with Crippen molar-refractivity contribution in [1.29, 1.82) is 0 Å². The fourth-order valence-corrected chi connectivity index (χ4v) is 1.33. The highest BCUT2D eigenvalue weighted by atomic mass is 17.2. The lowest BCUT2D eigenvalue weighted by molar-refractivity contribution is -0.306. The lowest BCUT2D eigenvalue weighted by atomic mass is 10.2. The molecule has 1 N–H and O–H groups in total. The van der Waals surface area contributed by atoms with E-state index < -0.39 is 18.0 Å². The molecule has 0 amide bonds. The molecule has 0 bridgehead atoms. The first-order chi connectivity index (χ1) is 9.09. The third kappa shape index (κ3) is 6.54. The predicted molar refractivity (Wildman–Crippen MR) is 65.0 cm³/mol. The van der Waals surface area contributed by atoms with Crippen LogP contribution in [0.4, 0.5) is 0 Å². The van der Waals surface area contributed by atoms with Gasteiger partial charge in [0.05, 0.1) is 6.61 Å². The SMILES string of the molecule is CC(=O)O[C@@H](CCOOCc1ccccc1)C(=O)O. The molecule has 0 aliphatic rings. The highest BCUT2D eigenvalue weighted by molar-refractivity contribution is 5.76. The molecule has 0 aliphatic carbocycles. The van der Waals surface area contributed by atoms with Crippen LogP contribution in [-0.2, 0) is 30.7 Å². The second kappa shape index (κ2) is 8.23. The van der Waals surface area contributed by atoms with E-state index in [2.05, 4.69) is 4.74 Å². The Balaban J connectivity index is 2.18. The maximum absolute atomic E-state index is 10.7. The van der Waals surface area contributed by atoms with Crippen molar-refractivity contribution in [3.63, 3.8) is 0 Å². The summed E-state index contributed by atoms with van der Waals surface area (Å²) in [5, 5.41) is 8.78. The monoisotopic (exact) mass is 268 g/mol. The molecule has 1 aromatic carbocycles. The molecule has 6 nitrogen and oxygen atoms in total. The van der Waals surface area contributed by atoms with Crippen LogP contribution in [0.2, 0.25) is 0 Å². The second-order valence-corrected chi connectivity index (χ2v) is 3.79. The summed E-state index contributed by atoms with van der Waals surface area (Å²) < 4.78 is 4.60. The molecule has 19 heavy (non-hydrogen) atoms. The van der Waals surface area contributed by atoms with E-state index in [1.54, 1.807) is 0 Å². The molecule has 1 atom stereocenters. The molecular formula is C13H16O6. The number of hydrogen-bond donors (Lipinski definition) is 1. The van der Waals surface area contributed by atoms with Gasteiger partial charge in [0.25, 0.3) is 0 Å². The number of carbonyl (C=O) groups excluding carboxylic acids is 1. The standard InChI is InChI=1S/C13H16O6/c1-10(14)19-12(13(15)16)7-8-17-18-9-11-5-3-2-4-6-11/h2-6,12H,7-9H2,1H3,(H,15,16)/t12-/m0/s1. The lowest BCUT2D eigenvalue weighted by Gasteiger charge is -2.11. The Morgan fingerprint density at radius 2 is 1.89 bits per heavy atom. The number of ether oxygens (including phenoxy) is 1. The largest absolute Gasteiger partial charge is 0.479 e. The highest BCUT2D eigenvalue weighted by Gasteiger charge is 2.20. The van der Waals surface area contributed by atoms with Gasteiger partial charge in [-0.25, -0.2) is 14.6 Å². The Hall–Kier alpha value is -1.92. The van der Waals surface area contributed by atoms with Crippen LogP contribution in [0.15, 0.2) is 30.3 Å². The van der Waals surface area contributed by atoms with E-state index in [0.29, 0.717) is 0 Å². The summed E-state index contributed by atoms with van der Waals surface area (Å²) in [7, 11) is 0. The van der Waals surface area contributed by atoms with Gasteiger partial charge in [-0.1, -0.05) is 30.3 Å². The van der Waals surface area contributed by atoms with Crippen LogP contribution in [0.3, 0.4) is 0 Å². The molecule has 6 heteroatoms. The van der Waals surface area contributed by atoms with Crippen molar-refractivity contribution in [2.45, 2.75) is 26.1 Å². The van der Waals surface area contributed by atoms with E-state index in [1.807, 2.05) is 30.3 Å². The van der Waals surface area contributed by atoms with E-state index in [0.717, 1.165) is 12.5 Å². The molecule has 0 radical (unpaired) electrons. The van der Waals surface area contributed by atoms with Gasteiger partial charge in [-0.15, -0.1) is 0 Å². The van der Waals surface area contributed by atoms with E-state index in [4.69, 9.17) is 14.9 Å². The second-order valence-electron chi connectivity index (χ2n) is 3.79. The van der Waals surface area contributed by atoms with Crippen molar-refractivity contribution >= 4 is 11.9 Å². The first-order valence-corrected chi connectivity index (χ1v) is 5.78. The molecule has 1 rings (SSSR count). The van der Waals surface area contributed by atoms with Gasteiger partial charge in [0.15, 0.2) is 0 Å². The number of esters is 1. The smallest absolute Gasteiger partial charge is 0.345 e. The van der Waals surface area contributed by atoms with Gasteiger partial charge in [0, 0.05) is 13.3 Å². The normalized spacial score (nSPS) is 11.8. The van der Waals surface area contributed by atoms with Crippen molar-refractivity contribution in [2.24, 2.45) is 0 Å².